The van der Waals surface area contributed by atoms with E-state index in [2.05, 4.69) is 26.8 Å². The number of carbonyl (C=O) groups is 1. The minimum absolute atomic E-state index is 0.0949. The van der Waals surface area contributed by atoms with Gasteiger partial charge in [-0.3, -0.25) is 4.79 Å². The van der Waals surface area contributed by atoms with Gasteiger partial charge in [0.25, 0.3) is 0 Å². The summed E-state index contributed by atoms with van der Waals surface area (Å²) in [6, 6.07) is 0. The Morgan fingerprint density at radius 1 is 1.13 bits per heavy atom. The summed E-state index contributed by atoms with van der Waals surface area (Å²) in [7, 11) is 0. The van der Waals surface area contributed by atoms with E-state index in [-0.39, 0.29) is 11.2 Å². The zero-order chi connectivity index (χ0) is 22.2. The Kier molecular flexibility index (Phi) is 7.34. The fourth-order valence-corrected chi connectivity index (χ4v) is 9.42. The molecule has 1 N–H and O–H groups in total. The lowest BCUT2D eigenvalue weighted by Crippen LogP contribution is -2.50. The molecule has 0 bridgehead atoms. The lowest BCUT2D eigenvalue weighted by molar-refractivity contribution is -0.109. The van der Waals surface area contributed by atoms with E-state index >= 15 is 0 Å². The minimum Gasteiger partial charge on any atom is -0.393 e. The zero-order valence-electron chi connectivity index (χ0n) is 20.5. The molecular weight excluding hydrogens is 400 g/mol. The summed E-state index contributed by atoms with van der Waals surface area (Å²) < 4.78 is 0. The molecule has 4 aliphatic rings. The van der Waals surface area contributed by atoms with Crippen molar-refractivity contribution in [3.05, 3.63) is 11.6 Å². The molecule has 0 spiro atoms. The molecule has 0 radical (unpaired) electrons. The van der Waals surface area contributed by atoms with Crippen LogP contribution in [0.25, 0.3) is 0 Å². The molecule has 31 heavy (non-hydrogen) atoms. The summed E-state index contributed by atoms with van der Waals surface area (Å²) in [6.07, 6.45) is 17.8. The van der Waals surface area contributed by atoms with Gasteiger partial charge < -0.3 is 5.11 Å². The SMILES string of the molecule is CC(=O)SCCCCC[C@@H](C)[C@H]1CC[C@H]2[C@@H]3CC=C4C[C@@H](O)CC[C@]4(C)[C@H]3CC[C@]12C. The summed E-state index contributed by atoms with van der Waals surface area (Å²) in [5.41, 5.74) is 2.51. The molecule has 0 heterocycles. The van der Waals surface area contributed by atoms with Crippen LogP contribution in [0.15, 0.2) is 11.6 Å². The van der Waals surface area contributed by atoms with Crippen molar-refractivity contribution < 1.29 is 9.90 Å². The van der Waals surface area contributed by atoms with Gasteiger partial charge in [0, 0.05) is 12.7 Å². The molecule has 0 aromatic carbocycles. The van der Waals surface area contributed by atoms with Crippen molar-refractivity contribution in [3.8, 4) is 0 Å². The first-order valence-electron chi connectivity index (χ1n) is 13.3. The van der Waals surface area contributed by atoms with Crippen LogP contribution in [-0.2, 0) is 4.79 Å². The Morgan fingerprint density at radius 2 is 1.94 bits per heavy atom. The van der Waals surface area contributed by atoms with Crippen LogP contribution in [0.4, 0.5) is 0 Å². The number of carbonyl (C=O) groups excluding carboxylic acids is 1. The lowest BCUT2D eigenvalue weighted by Gasteiger charge is -2.58. The number of aliphatic hydroxyl groups is 1. The number of allylic oxidation sites excluding steroid dienone is 1. The van der Waals surface area contributed by atoms with E-state index in [4.69, 9.17) is 0 Å². The summed E-state index contributed by atoms with van der Waals surface area (Å²) in [5.74, 6) is 5.38. The summed E-state index contributed by atoms with van der Waals surface area (Å²) in [4.78, 5) is 11.1. The number of unbranched alkanes of at least 4 members (excludes halogenated alkanes) is 2. The fraction of sp³-hybridized carbons (Fsp3) is 0.893. The van der Waals surface area contributed by atoms with Crippen LogP contribution < -0.4 is 0 Å². The maximum absolute atomic E-state index is 11.1. The highest BCUT2D eigenvalue weighted by Gasteiger charge is 2.59. The molecular formula is C28H46O2S. The van der Waals surface area contributed by atoms with Gasteiger partial charge in [0.2, 0.25) is 0 Å². The van der Waals surface area contributed by atoms with Crippen molar-refractivity contribution in [3.63, 3.8) is 0 Å². The Labute approximate surface area is 195 Å². The highest BCUT2D eigenvalue weighted by atomic mass is 32.2. The van der Waals surface area contributed by atoms with E-state index in [0.29, 0.717) is 10.8 Å². The number of thioether (sulfide) groups is 1. The molecule has 0 aliphatic heterocycles. The van der Waals surface area contributed by atoms with Gasteiger partial charge in [-0.05, 0) is 98.2 Å². The maximum Gasteiger partial charge on any atom is 0.185 e. The zero-order valence-corrected chi connectivity index (χ0v) is 21.3. The first-order chi connectivity index (χ1) is 14.8. The summed E-state index contributed by atoms with van der Waals surface area (Å²) in [6.45, 7) is 9.43. The average molecular weight is 447 g/mol. The highest BCUT2D eigenvalue weighted by molar-refractivity contribution is 8.13. The average Bonchev–Trinajstić information content (AvgIpc) is 3.08. The van der Waals surface area contributed by atoms with Gasteiger partial charge in [-0.2, -0.15) is 0 Å². The van der Waals surface area contributed by atoms with Gasteiger partial charge in [0.1, 0.15) is 0 Å². The molecule has 176 valence electrons. The fourth-order valence-electron chi connectivity index (χ4n) is 8.78. The topological polar surface area (TPSA) is 37.3 Å². The monoisotopic (exact) mass is 446 g/mol. The molecule has 3 fully saturated rings. The molecule has 0 aromatic heterocycles. The molecule has 0 unspecified atom stereocenters. The molecule has 0 amide bonds. The second-order valence-electron chi connectivity index (χ2n) is 12.1. The molecule has 4 aliphatic carbocycles. The Balaban J connectivity index is 1.36. The molecule has 0 saturated heterocycles. The Hall–Kier alpha value is -0.280. The van der Waals surface area contributed by atoms with Gasteiger partial charge >= 0.3 is 0 Å². The Bertz CT molecular complexity index is 686. The van der Waals surface area contributed by atoms with Crippen molar-refractivity contribution in [1.29, 1.82) is 0 Å². The lowest BCUT2D eigenvalue weighted by atomic mass is 9.47. The predicted molar refractivity (Wildman–Crippen MR) is 132 cm³/mol. The molecule has 8 atom stereocenters. The second-order valence-corrected chi connectivity index (χ2v) is 13.3. The van der Waals surface area contributed by atoms with Crippen LogP contribution in [0.1, 0.15) is 105 Å². The van der Waals surface area contributed by atoms with E-state index in [1.54, 1.807) is 12.5 Å². The van der Waals surface area contributed by atoms with E-state index in [1.807, 2.05) is 0 Å². The molecule has 0 aromatic rings. The van der Waals surface area contributed by atoms with Crippen LogP contribution in [0, 0.1) is 40.4 Å². The van der Waals surface area contributed by atoms with Crippen LogP contribution in [0.3, 0.4) is 0 Å². The maximum atomic E-state index is 11.1. The van der Waals surface area contributed by atoms with Crippen LogP contribution >= 0.6 is 11.8 Å². The van der Waals surface area contributed by atoms with E-state index in [1.165, 1.54) is 76.0 Å². The van der Waals surface area contributed by atoms with E-state index in [9.17, 15) is 9.90 Å². The number of hydrogen-bond donors (Lipinski definition) is 1. The standard InChI is InChI=1S/C28H46O2S/c1-19(8-6-5-7-17-31-20(2)29)24-11-12-25-23-10-9-21-18-22(30)13-15-27(21,3)26(23)14-16-28(24,25)4/h9,19,22-26,30H,5-8,10-18H2,1-4H3/t19-,22+,23+,24-,25+,26+,27+,28-/m1/s1. The highest BCUT2D eigenvalue weighted by Crippen LogP contribution is 2.67. The van der Waals surface area contributed by atoms with Crippen molar-refractivity contribution in [2.45, 2.75) is 111 Å². The third-order valence-corrected chi connectivity index (χ3v) is 11.3. The van der Waals surface area contributed by atoms with Crippen molar-refractivity contribution in [2.24, 2.45) is 40.4 Å². The third-order valence-electron chi connectivity index (χ3n) is 10.4. The predicted octanol–water partition coefficient (Wildman–Crippen LogP) is 7.40. The van der Waals surface area contributed by atoms with Crippen LogP contribution in [-0.4, -0.2) is 22.1 Å². The van der Waals surface area contributed by atoms with Crippen molar-refractivity contribution in [2.75, 3.05) is 5.75 Å². The van der Waals surface area contributed by atoms with Crippen LogP contribution in [0.2, 0.25) is 0 Å². The van der Waals surface area contributed by atoms with E-state index in [0.717, 1.165) is 48.2 Å². The molecule has 4 rings (SSSR count). The van der Waals surface area contributed by atoms with Gasteiger partial charge in [-0.15, -0.1) is 0 Å². The first-order valence-corrected chi connectivity index (χ1v) is 14.2. The van der Waals surface area contributed by atoms with Gasteiger partial charge in [-0.1, -0.05) is 63.4 Å². The molecule has 2 nitrogen and oxygen atoms in total. The smallest absolute Gasteiger partial charge is 0.185 e. The van der Waals surface area contributed by atoms with Crippen molar-refractivity contribution >= 4 is 16.9 Å². The van der Waals surface area contributed by atoms with Gasteiger partial charge in [0.15, 0.2) is 5.12 Å². The third kappa shape index (κ3) is 4.57. The molecule has 3 heteroatoms. The number of rotatable bonds is 7. The number of fused-ring (bicyclic) bond motifs is 5. The first kappa shape index (κ1) is 23.9. The quantitative estimate of drug-likeness (QED) is 0.327. The number of aliphatic hydroxyl groups excluding tert-OH is 1. The second kappa shape index (κ2) is 9.53. The minimum atomic E-state index is -0.0949. The summed E-state index contributed by atoms with van der Waals surface area (Å²) >= 11 is 1.49. The van der Waals surface area contributed by atoms with Gasteiger partial charge in [-0.25, -0.2) is 0 Å². The number of hydrogen-bond acceptors (Lipinski definition) is 3. The van der Waals surface area contributed by atoms with E-state index < -0.39 is 0 Å². The largest absolute Gasteiger partial charge is 0.393 e. The Morgan fingerprint density at radius 3 is 2.71 bits per heavy atom. The summed E-state index contributed by atoms with van der Waals surface area (Å²) in [5, 5.41) is 10.5. The van der Waals surface area contributed by atoms with Crippen LogP contribution in [0.5, 0.6) is 0 Å². The molecule has 3 saturated carbocycles. The van der Waals surface area contributed by atoms with Crippen molar-refractivity contribution in [1.82, 2.24) is 0 Å². The van der Waals surface area contributed by atoms with Gasteiger partial charge in [0.05, 0.1) is 6.10 Å². The normalized spacial score (nSPS) is 42.9.